The molecule has 1 aromatic heterocycles. The second-order valence-electron chi connectivity index (χ2n) is 5.79. The summed E-state index contributed by atoms with van der Waals surface area (Å²) in [5.74, 6) is 1.58. The van der Waals surface area contributed by atoms with Crippen LogP contribution in [-0.2, 0) is 17.6 Å². The summed E-state index contributed by atoms with van der Waals surface area (Å²) in [6.45, 7) is 0.460. The Morgan fingerprint density at radius 3 is 2.62 bits per heavy atom. The quantitative estimate of drug-likeness (QED) is 0.675. The standard InChI is InChI=1S/C20H21N3O3/c1-25-17-10-6-5-9-16(17)20-23-22-19(26-20)13-14-21-18(24)12-11-15-7-3-2-4-8-15/h2-10H,11-14H2,1H3,(H,21,24). The second kappa shape index (κ2) is 8.80. The number of benzene rings is 2. The molecule has 6 heteroatoms. The predicted molar refractivity (Wildman–Crippen MR) is 97.8 cm³/mol. The molecule has 0 fully saturated rings. The number of para-hydroxylation sites is 1. The minimum atomic E-state index is 0.0123. The first-order valence-corrected chi connectivity index (χ1v) is 8.52. The van der Waals surface area contributed by atoms with Gasteiger partial charge in [0, 0.05) is 19.4 Å². The van der Waals surface area contributed by atoms with Crippen LogP contribution >= 0.6 is 0 Å². The number of carbonyl (C=O) groups excluding carboxylic acids is 1. The van der Waals surface area contributed by atoms with Crippen LogP contribution in [0.25, 0.3) is 11.5 Å². The number of amides is 1. The average molecular weight is 351 g/mol. The van der Waals surface area contributed by atoms with E-state index in [-0.39, 0.29) is 5.91 Å². The molecule has 0 saturated heterocycles. The van der Waals surface area contributed by atoms with Gasteiger partial charge < -0.3 is 14.5 Å². The van der Waals surface area contributed by atoms with Crippen molar-refractivity contribution in [3.8, 4) is 17.2 Å². The van der Waals surface area contributed by atoms with Crippen LogP contribution in [0.1, 0.15) is 17.9 Å². The summed E-state index contributed by atoms with van der Waals surface area (Å²) in [6, 6.07) is 17.4. The van der Waals surface area contributed by atoms with Crippen LogP contribution in [-0.4, -0.2) is 29.8 Å². The Balaban J connectivity index is 1.47. The molecule has 26 heavy (non-hydrogen) atoms. The Kier molecular flexibility index (Phi) is 5.98. The Morgan fingerprint density at radius 2 is 1.81 bits per heavy atom. The highest BCUT2D eigenvalue weighted by atomic mass is 16.5. The highest BCUT2D eigenvalue weighted by molar-refractivity contribution is 5.76. The number of aromatic nitrogens is 2. The first-order valence-electron chi connectivity index (χ1n) is 8.52. The lowest BCUT2D eigenvalue weighted by Crippen LogP contribution is -2.25. The average Bonchev–Trinajstić information content (AvgIpc) is 3.16. The van der Waals surface area contributed by atoms with Gasteiger partial charge in [-0.15, -0.1) is 10.2 Å². The maximum atomic E-state index is 11.9. The van der Waals surface area contributed by atoms with Crippen molar-refractivity contribution in [3.05, 3.63) is 66.1 Å². The fourth-order valence-corrected chi connectivity index (χ4v) is 2.58. The van der Waals surface area contributed by atoms with E-state index in [4.69, 9.17) is 9.15 Å². The van der Waals surface area contributed by atoms with Crippen molar-refractivity contribution < 1.29 is 13.9 Å². The molecule has 6 nitrogen and oxygen atoms in total. The largest absolute Gasteiger partial charge is 0.496 e. The Labute approximate surface area is 152 Å². The Bertz CT molecular complexity index is 846. The van der Waals surface area contributed by atoms with Crippen LogP contribution < -0.4 is 10.1 Å². The van der Waals surface area contributed by atoms with Crippen LogP contribution in [0.2, 0.25) is 0 Å². The molecule has 1 amide bonds. The molecule has 0 radical (unpaired) electrons. The fraction of sp³-hybridized carbons (Fsp3) is 0.250. The number of hydrogen-bond acceptors (Lipinski definition) is 5. The number of nitrogens with one attached hydrogen (secondary N) is 1. The van der Waals surface area contributed by atoms with Crippen LogP contribution in [0.5, 0.6) is 5.75 Å². The van der Waals surface area contributed by atoms with E-state index in [1.165, 1.54) is 0 Å². The van der Waals surface area contributed by atoms with E-state index in [1.807, 2.05) is 54.6 Å². The van der Waals surface area contributed by atoms with Gasteiger partial charge in [-0.1, -0.05) is 42.5 Å². The molecule has 1 N–H and O–H groups in total. The first kappa shape index (κ1) is 17.7. The third-order valence-electron chi connectivity index (χ3n) is 3.95. The SMILES string of the molecule is COc1ccccc1-c1nnc(CCNC(=O)CCc2ccccc2)o1. The van der Waals surface area contributed by atoms with Gasteiger partial charge in [0.05, 0.1) is 12.7 Å². The third kappa shape index (κ3) is 4.69. The van der Waals surface area contributed by atoms with Crippen LogP contribution in [0.15, 0.2) is 59.0 Å². The molecule has 0 unspecified atom stereocenters. The van der Waals surface area contributed by atoms with Crippen molar-refractivity contribution >= 4 is 5.91 Å². The molecule has 1 heterocycles. The van der Waals surface area contributed by atoms with E-state index < -0.39 is 0 Å². The first-order chi connectivity index (χ1) is 12.8. The van der Waals surface area contributed by atoms with Crippen LogP contribution in [0.3, 0.4) is 0 Å². The highest BCUT2D eigenvalue weighted by Gasteiger charge is 2.13. The molecule has 0 aliphatic rings. The molecule has 0 saturated carbocycles. The summed E-state index contributed by atoms with van der Waals surface area (Å²) < 4.78 is 11.0. The maximum absolute atomic E-state index is 11.9. The lowest BCUT2D eigenvalue weighted by atomic mass is 10.1. The van der Waals surface area contributed by atoms with E-state index >= 15 is 0 Å². The molecule has 3 aromatic rings. The zero-order valence-electron chi connectivity index (χ0n) is 14.6. The molecule has 0 spiro atoms. The number of nitrogens with zero attached hydrogens (tertiary/aromatic N) is 2. The van der Waals surface area contributed by atoms with Gasteiger partial charge >= 0.3 is 0 Å². The summed E-state index contributed by atoms with van der Waals surface area (Å²) in [5.41, 5.74) is 1.90. The molecule has 0 aliphatic carbocycles. The zero-order chi connectivity index (χ0) is 18.2. The number of hydrogen-bond donors (Lipinski definition) is 1. The van der Waals surface area contributed by atoms with Crippen molar-refractivity contribution in [2.75, 3.05) is 13.7 Å². The van der Waals surface area contributed by atoms with Crippen molar-refractivity contribution in [2.24, 2.45) is 0 Å². The molecule has 3 rings (SSSR count). The molecule has 134 valence electrons. The van der Waals surface area contributed by atoms with Gasteiger partial charge in [0.1, 0.15) is 5.75 Å². The van der Waals surface area contributed by atoms with Gasteiger partial charge in [0.25, 0.3) is 5.89 Å². The van der Waals surface area contributed by atoms with Gasteiger partial charge in [-0.3, -0.25) is 4.79 Å². The number of methoxy groups -OCH3 is 1. The highest BCUT2D eigenvalue weighted by Crippen LogP contribution is 2.28. The second-order valence-corrected chi connectivity index (χ2v) is 5.79. The lowest BCUT2D eigenvalue weighted by molar-refractivity contribution is -0.121. The third-order valence-corrected chi connectivity index (χ3v) is 3.95. The van der Waals surface area contributed by atoms with Gasteiger partial charge in [-0.05, 0) is 24.1 Å². The van der Waals surface area contributed by atoms with Gasteiger partial charge in [-0.25, -0.2) is 0 Å². The predicted octanol–water partition coefficient (Wildman–Crippen LogP) is 3.04. The number of carbonyl (C=O) groups is 1. The van der Waals surface area contributed by atoms with E-state index in [2.05, 4.69) is 15.5 Å². The number of aryl methyl sites for hydroxylation is 1. The smallest absolute Gasteiger partial charge is 0.251 e. The molecule has 2 aromatic carbocycles. The maximum Gasteiger partial charge on any atom is 0.251 e. The summed E-state index contributed by atoms with van der Waals surface area (Å²) in [6.07, 6.45) is 1.67. The van der Waals surface area contributed by atoms with E-state index in [0.29, 0.717) is 36.9 Å². The van der Waals surface area contributed by atoms with Crippen molar-refractivity contribution in [1.29, 1.82) is 0 Å². The summed E-state index contributed by atoms with van der Waals surface area (Å²) in [4.78, 5) is 11.9. The van der Waals surface area contributed by atoms with Crippen molar-refractivity contribution in [2.45, 2.75) is 19.3 Å². The fourth-order valence-electron chi connectivity index (χ4n) is 2.58. The minimum Gasteiger partial charge on any atom is -0.496 e. The van der Waals surface area contributed by atoms with Gasteiger partial charge in [-0.2, -0.15) is 0 Å². The van der Waals surface area contributed by atoms with Crippen molar-refractivity contribution in [1.82, 2.24) is 15.5 Å². The monoisotopic (exact) mass is 351 g/mol. The Morgan fingerprint density at radius 1 is 1.04 bits per heavy atom. The van der Waals surface area contributed by atoms with Gasteiger partial charge in [0.2, 0.25) is 11.8 Å². The topological polar surface area (TPSA) is 77.3 Å². The van der Waals surface area contributed by atoms with Crippen molar-refractivity contribution in [3.63, 3.8) is 0 Å². The summed E-state index contributed by atoms with van der Waals surface area (Å²) in [5, 5.41) is 11.0. The lowest BCUT2D eigenvalue weighted by Gasteiger charge is -2.04. The summed E-state index contributed by atoms with van der Waals surface area (Å²) in [7, 11) is 1.60. The zero-order valence-corrected chi connectivity index (χ0v) is 14.6. The molecular formula is C20H21N3O3. The number of rotatable bonds is 8. The summed E-state index contributed by atoms with van der Waals surface area (Å²) >= 11 is 0. The molecular weight excluding hydrogens is 330 g/mol. The van der Waals surface area contributed by atoms with Gasteiger partial charge in [0.15, 0.2) is 0 Å². The number of ether oxygens (including phenoxy) is 1. The van der Waals surface area contributed by atoms with E-state index in [1.54, 1.807) is 7.11 Å². The molecule has 0 atom stereocenters. The molecule has 0 aliphatic heterocycles. The van der Waals surface area contributed by atoms with Crippen LogP contribution in [0.4, 0.5) is 0 Å². The minimum absolute atomic E-state index is 0.0123. The normalized spacial score (nSPS) is 10.5. The van der Waals surface area contributed by atoms with E-state index in [9.17, 15) is 4.79 Å². The molecule has 0 bridgehead atoms. The van der Waals surface area contributed by atoms with E-state index in [0.717, 1.165) is 17.5 Å². The Hall–Kier alpha value is -3.15. The van der Waals surface area contributed by atoms with Crippen LogP contribution in [0, 0.1) is 0 Å².